The van der Waals surface area contributed by atoms with Gasteiger partial charge in [0.2, 0.25) is 0 Å². The van der Waals surface area contributed by atoms with Crippen LogP contribution in [0.5, 0.6) is 5.75 Å². The van der Waals surface area contributed by atoms with E-state index >= 15 is 0 Å². The van der Waals surface area contributed by atoms with E-state index in [0.29, 0.717) is 6.04 Å². The number of hydrogen-bond acceptors (Lipinski definition) is 2. The Kier molecular flexibility index (Phi) is 3.83. The van der Waals surface area contributed by atoms with Gasteiger partial charge < -0.3 is 10.1 Å². The summed E-state index contributed by atoms with van der Waals surface area (Å²) in [6.45, 7) is 5.02. The molecule has 1 aliphatic rings. The summed E-state index contributed by atoms with van der Waals surface area (Å²) in [5.74, 6) is 0.974. The molecule has 0 aliphatic heterocycles. The predicted octanol–water partition coefficient (Wildman–Crippen LogP) is 2.90. The van der Waals surface area contributed by atoms with E-state index in [0.717, 1.165) is 18.4 Å². The molecule has 1 unspecified atom stereocenters. The molecule has 2 nitrogen and oxygen atoms in total. The second kappa shape index (κ2) is 5.35. The monoisotopic (exact) mass is 219 g/mol. The van der Waals surface area contributed by atoms with Crippen molar-refractivity contribution < 1.29 is 4.74 Å². The van der Waals surface area contributed by atoms with Crippen LogP contribution in [0.25, 0.3) is 0 Å². The minimum atomic E-state index is 0.436. The molecule has 1 aromatic carbocycles. The van der Waals surface area contributed by atoms with Crippen molar-refractivity contribution in [2.24, 2.45) is 0 Å². The molecule has 1 N–H and O–H groups in total. The normalized spacial score (nSPS) is 17.9. The molecule has 0 radical (unpaired) electrons. The number of benzene rings is 1. The van der Waals surface area contributed by atoms with Crippen molar-refractivity contribution in [3.8, 4) is 5.75 Å². The van der Waals surface area contributed by atoms with Crippen molar-refractivity contribution >= 4 is 0 Å². The number of aryl methyl sites for hydroxylation is 1. The Morgan fingerprint density at radius 2 is 2.25 bits per heavy atom. The molecule has 88 valence electrons. The standard InChI is InChI=1S/C14H21NO/c1-11-5-3-8-14(9-11)16-10-12(2)15-13-6-4-7-13/h3,5,8-9,12-13,15H,4,6-7,10H2,1-2H3. The molecule has 1 aromatic rings. The largest absolute Gasteiger partial charge is 0.492 e. The van der Waals surface area contributed by atoms with Gasteiger partial charge in [0, 0.05) is 12.1 Å². The maximum absolute atomic E-state index is 5.76. The van der Waals surface area contributed by atoms with Crippen LogP contribution in [0.3, 0.4) is 0 Å². The second-order valence-electron chi connectivity index (χ2n) is 4.82. The molecule has 0 saturated heterocycles. The van der Waals surface area contributed by atoms with Crippen molar-refractivity contribution in [1.29, 1.82) is 0 Å². The molecule has 16 heavy (non-hydrogen) atoms. The summed E-state index contributed by atoms with van der Waals surface area (Å²) in [7, 11) is 0. The Morgan fingerprint density at radius 1 is 1.44 bits per heavy atom. The highest BCUT2D eigenvalue weighted by atomic mass is 16.5. The zero-order valence-electron chi connectivity index (χ0n) is 10.2. The van der Waals surface area contributed by atoms with Gasteiger partial charge in [0.25, 0.3) is 0 Å². The molecule has 1 aliphatic carbocycles. The first-order valence-corrected chi connectivity index (χ1v) is 6.19. The molecule has 2 rings (SSSR count). The van der Waals surface area contributed by atoms with Crippen molar-refractivity contribution in [2.45, 2.75) is 45.2 Å². The summed E-state index contributed by atoms with van der Waals surface area (Å²) < 4.78 is 5.76. The van der Waals surface area contributed by atoms with E-state index in [1.165, 1.54) is 24.8 Å². The summed E-state index contributed by atoms with van der Waals surface area (Å²) >= 11 is 0. The summed E-state index contributed by atoms with van der Waals surface area (Å²) in [4.78, 5) is 0. The van der Waals surface area contributed by atoms with Crippen LogP contribution in [-0.2, 0) is 0 Å². The van der Waals surface area contributed by atoms with Gasteiger partial charge >= 0.3 is 0 Å². The quantitative estimate of drug-likeness (QED) is 0.822. The van der Waals surface area contributed by atoms with Gasteiger partial charge in [0.1, 0.15) is 12.4 Å². The first-order chi connectivity index (χ1) is 7.74. The Labute approximate surface area is 98.0 Å². The highest BCUT2D eigenvalue weighted by Crippen LogP contribution is 2.19. The van der Waals surface area contributed by atoms with E-state index in [4.69, 9.17) is 4.74 Å². The zero-order chi connectivity index (χ0) is 11.4. The van der Waals surface area contributed by atoms with Crippen LogP contribution in [0, 0.1) is 6.92 Å². The average Bonchev–Trinajstić information content (AvgIpc) is 2.21. The van der Waals surface area contributed by atoms with Crippen LogP contribution in [0.15, 0.2) is 24.3 Å². The smallest absolute Gasteiger partial charge is 0.119 e. The third-order valence-corrected chi connectivity index (χ3v) is 3.11. The predicted molar refractivity (Wildman–Crippen MR) is 66.9 cm³/mol. The average molecular weight is 219 g/mol. The topological polar surface area (TPSA) is 21.3 Å². The van der Waals surface area contributed by atoms with Crippen LogP contribution in [-0.4, -0.2) is 18.7 Å². The maximum atomic E-state index is 5.76. The van der Waals surface area contributed by atoms with Crippen LogP contribution in [0.2, 0.25) is 0 Å². The van der Waals surface area contributed by atoms with Crippen molar-refractivity contribution in [1.82, 2.24) is 5.32 Å². The van der Waals surface area contributed by atoms with Gasteiger partial charge in [0.05, 0.1) is 0 Å². The Balaban J connectivity index is 1.73. The van der Waals surface area contributed by atoms with Gasteiger partial charge in [-0.2, -0.15) is 0 Å². The third-order valence-electron chi connectivity index (χ3n) is 3.11. The van der Waals surface area contributed by atoms with E-state index in [2.05, 4.69) is 31.3 Å². The SMILES string of the molecule is Cc1cccc(OCC(C)NC2CCC2)c1. The summed E-state index contributed by atoms with van der Waals surface area (Å²) in [5, 5.41) is 3.58. The summed E-state index contributed by atoms with van der Waals surface area (Å²) in [5.41, 5.74) is 1.25. The number of nitrogens with one attached hydrogen (secondary N) is 1. The van der Waals surface area contributed by atoms with Crippen molar-refractivity contribution in [2.75, 3.05) is 6.61 Å². The van der Waals surface area contributed by atoms with Crippen LogP contribution < -0.4 is 10.1 Å². The molecule has 0 spiro atoms. The van der Waals surface area contributed by atoms with E-state index < -0.39 is 0 Å². The molecule has 1 saturated carbocycles. The lowest BCUT2D eigenvalue weighted by atomic mass is 9.92. The molecular formula is C14H21NO. The first kappa shape index (κ1) is 11.5. The first-order valence-electron chi connectivity index (χ1n) is 6.19. The lowest BCUT2D eigenvalue weighted by molar-refractivity contribution is 0.232. The Morgan fingerprint density at radius 3 is 2.88 bits per heavy atom. The summed E-state index contributed by atoms with van der Waals surface area (Å²) in [6.07, 6.45) is 4.03. The highest BCUT2D eigenvalue weighted by molar-refractivity contribution is 5.27. The fraction of sp³-hybridized carbons (Fsp3) is 0.571. The molecule has 2 heteroatoms. The molecule has 0 bridgehead atoms. The van der Waals surface area contributed by atoms with E-state index in [9.17, 15) is 0 Å². The van der Waals surface area contributed by atoms with Gasteiger partial charge in [-0.3, -0.25) is 0 Å². The van der Waals surface area contributed by atoms with E-state index in [-0.39, 0.29) is 0 Å². The maximum Gasteiger partial charge on any atom is 0.119 e. The fourth-order valence-electron chi connectivity index (χ4n) is 1.95. The van der Waals surface area contributed by atoms with Crippen LogP contribution in [0.4, 0.5) is 0 Å². The molecule has 0 aromatic heterocycles. The lowest BCUT2D eigenvalue weighted by Crippen LogP contribution is -2.43. The Hall–Kier alpha value is -1.02. The number of hydrogen-bond donors (Lipinski definition) is 1. The van der Waals surface area contributed by atoms with E-state index in [1.54, 1.807) is 0 Å². The van der Waals surface area contributed by atoms with Gasteiger partial charge in [-0.1, -0.05) is 18.6 Å². The fourth-order valence-corrected chi connectivity index (χ4v) is 1.95. The molecule has 0 amide bonds. The third kappa shape index (κ3) is 3.24. The van der Waals surface area contributed by atoms with Gasteiger partial charge in [-0.15, -0.1) is 0 Å². The zero-order valence-corrected chi connectivity index (χ0v) is 10.2. The Bertz CT molecular complexity index is 333. The van der Waals surface area contributed by atoms with Gasteiger partial charge in [-0.25, -0.2) is 0 Å². The van der Waals surface area contributed by atoms with E-state index in [1.807, 2.05) is 12.1 Å². The van der Waals surface area contributed by atoms with Gasteiger partial charge in [0.15, 0.2) is 0 Å². The molecular weight excluding hydrogens is 198 g/mol. The van der Waals surface area contributed by atoms with Crippen molar-refractivity contribution in [3.63, 3.8) is 0 Å². The molecule has 0 heterocycles. The number of rotatable bonds is 5. The lowest BCUT2D eigenvalue weighted by Gasteiger charge is -2.29. The number of ether oxygens (including phenoxy) is 1. The van der Waals surface area contributed by atoms with Crippen molar-refractivity contribution in [3.05, 3.63) is 29.8 Å². The minimum Gasteiger partial charge on any atom is -0.492 e. The molecule has 1 fully saturated rings. The van der Waals surface area contributed by atoms with Crippen LogP contribution in [0.1, 0.15) is 31.7 Å². The summed E-state index contributed by atoms with van der Waals surface area (Å²) in [6, 6.07) is 9.39. The second-order valence-corrected chi connectivity index (χ2v) is 4.82. The van der Waals surface area contributed by atoms with Gasteiger partial charge in [-0.05, 0) is 44.4 Å². The highest BCUT2D eigenvalue weighted by Gasteiger charge is 2.18. The molecule has 1 atom stereocenters. The minimum absolute atomic E-state index is 0.436. The van der Waals surface area contributed by atoms with Crippen LogP contribution >= 0.6 is 0 Å².